The van der Waals surface area contributed by atoms with Crippen LogP contribution in [0, 0.1) is 4.77 Å². The first-order chi connectivity index (χ1) is 7.27. The molecule has 0 aromatic carbocycles. The first-order valence-electron chi connectivity index (χ1n) is 4.54. The van der Waals surface area contributed by atoms with Crippen molar-refractivity contribution in [1.29, 1.82) is 0 Å². The Morgan fingerprint density at radius 2 is 2.33 bits per heavy atom. The summed E-state index contributed by atoms with van der Waals surface area (Å²) in [6, 6.07) is 3.84. The second-order valence-corrected chi connectivity index (χ2v) is 3.51. The third-order valence-electron chi connectivity index (χ3n) is 2.11. The molecular weight excluding hydrogens is 212 g/mol. The number of aryl methyl sites for hydroxylation is 1. The van der Waals surface area contributed by atoms with E-state index in [0.29, 0.717) is 11.3 Å². The van der Waals surface area contributed by atoms with Gasteiger partial charge in [-0.25, -0.2) is 9.89 Å². The Morgan fingerprint density at radius 1 is 1.47 bits per heavy atom. The fraction of sp³-hybridized carbons (Fsp3) is 0.222. The Kier molecular flexibility index (Phi) is 2.77. The summed E-state index contributed by atoms with van der Waals surface area (Å²) >= 11 is 4.95. The summed E-state index contributed by atoms with van der Waals surface area (Å²) < 4.78 is 1.91. The molecule has 2 heterocycles. The molecule has 0 saturated heterocycles. The standard InChI is InChI=1S/C9H10N4OS/c14-8-11-12-9(15)13(8)5-3-7-2-1-4-10-6-7/h1-2,4,6H,3,5H2,(H,11,14)(H,12,15). The summed E-state index contributed by atoms with van der Waals surface area (Å²) in [5, 5.41) is 5.03. The molecule has 15 heavy (non-hydrogen) atoms. The minimum atomic E-state index is -0.205. The number of hydrogen-bond acceptors (Lipinski definition) is 3. The van der Waals surface area contributed by atoms with Crippen molar-refractivity contribution in [3.63, 3.8) is 0 Å². The van der Waals surface area contributed by atoms with Gasteiger partial charge in [0.25, 0.3) is 0 Å². The van der Waals surface area contributed by atoms with E-state index in [9.17, 15) is 4.79 Å². The Bertz CT molecular complexity index is 511. The molecule has 0 saturated carbocycles. The van der Waals surface area contributed by atoms with Crippen LogP contribution in [0.15, 0.2) is 29.3 Å². The number of aromatic nitrogens is 4. The summed E-state index contributed by atoms with van der Waals surface area (Å²) in [4.78, 5) is 15.3. The molecule has 0 amide bonds. The fourth-order valence-corrected chi connectivity index (χ4v) is 1.55. The van der Waals surface area contributed by atoms with Crippen LogP contribution in [0.3, 0.4) is 0 Å². The second-order valence-electron chi connectivity index (χ2n) is 3.12. The van der Waals surface area contributed by atoms with E-state index in [-0.39, 0.29) is 5.69 Å². The molecule has 0 radical (unpaired) electrons. The van der Waals surface area contributed by atoms with E-state index in [4.69, 9.17) is 12.2 Å². The average Bonchev–Trinajstić information content (AvgIpc) is 2.58. The van der Waals surface area contributed by atoms with E-state index in [0.717, 1.165) is 12.0 Å². The van der Waals surface area contributed by atoms with E-state index < -0.39 is 0 Å². The first-order valence-corrected chi connectivity index (χ1v) is 4.94. The maximum absolute atomic E-state index is 11.3. The molecule has 0 atom stereocenters. The molecule has 0 unspecified atom stereocenters. The van der Waals surface area contributed by atoms with Crippen LogP contribution >= 0.6 is 12.2 Å². The Hall–Kier alpha value is -1.69. The minimum absolute atomic E-state index is 0.205. The largest absolute Gasteiger partial charge is 0.342 e. The van der Waals surface area contributed by atoms with Crippen LogP contribution in [0.4, 0.5) is 0 Å². The van der Waals surface area contributed by atoms with Gasteiger partial charge in [-0.15, -0.1) is 0 Å². The lowest BCUT2D eigenvalue weighted by atomic mass is 10.2. The smallest absolute Gasteiger partial charge is 0.272 e. The zero-order valence-corrected chi connectivity index (χ0v) is 8.75. The van der Waals surface area contributed by atoms with Gasteiger partial charge in [-0.3, -0.25) is 14.6 Å². The van der Waals surface area contributed by atoms with Crippen LogP contribution in [0.1, 0.15) is 5.56 Å². The van der Waals surface area contributed by atoms with E-state index in [2.05, 4.69) is 15.2 Å². The van der Waals surface area contributed by atoms with Gasteiger partial charge in [-0.05, 0) is 30.3 Å². The number of hydrogen-bond donors (Lipinski definition) is 2. The average molecular weight is 222 g/mol. The van der Waals surface area contributed by atoms with Gasteiger partial charge in [-0.1, -0.05) is 6.07 Å². The highest BCUT2D eigenvalue weighted by atomic mass is 32.1. The summed E-state index contributed by atoms with van der Waals surface area (Å²) in [6.45, 7) is 0.559. The van der Waals surface area contributed by atoms with Crippen molar-refractivity contribution >= 4 is 12.2 Å². The normalized spacial score (nSPS) is 10.4. The van der Waals surface area contributed by atoms with Gasteiger partial charge >= 0.3 is 5.69 Å². The predicted octanol–water partition coefficient (Wildman–Crippen LogP) is 0.872. The maximum atomic E-state index is 11.3. The molecule has 2 aromatic rings. The van der Waals surface area contributed by atoms with Crippen molar-refractivity contribution in [2.45, 2.75) is 13.0 Å². The monoisotopic (exact) mass is 222 g/mol. The highest BCUT2D eigenvalue weighted by Crippen LogP contribution is 1.98. The van der Waals surface area contributed by atoms with Crippen molar-refractivity contribution in [1.82, 2.24) is 19.7 Å². The van der Waals surface area contributed by atoms with Gasteiger partial charge in [0.05, 0.1) is 0 Å². The Labute approximate surface area is 90.8 Å². The molecule has 2 aromatic heterocycles. The fourth-order valence-electron chi connectivity index (χ4n) is 1.32. The predicted molar refractivity (Wildman–Crippen MR) is 58.2 cm³/mol. The number of H-pyrrole nitrogens is 2. The lowest BCUT2D eigenvalue weighted by Crippen LogP contribution is -2.18. The van der Waals surface area contributed by atoms with Gasteiger partial charge in [0, 0.05) is 18.9 Å². The number of aromatic amines is 2. The Balaban J connectivity index is 2.12. The molecule has 78 valence electrons. The molecule has 0 bridgehead atoms. The van der Waals surface area contributed by atoms with Gasteiger partial charge in [0.15, 0.2) is 4.77 Å². The lowest BCUT2D eigenvalue weighted by molar-refractivity contribution is 0.662. The molecule has 2 N–H and O–H groups in total. The quantitative estimate of drug-likeness (QED) is 0.757. The topological polar surface area (TPSA) is 66.5 Å². The van der Waals surface area contributed by atoms with E-state index in [1.54, 1.807) is 12.4 Å². The molecule has 0 aliphatic rings. The van der Waals surface area contributed by atoms with Crippen LogP contribution in [0.25, 0.3) is 0 Å². The summed E-state index contributed by atoms with van der Waals surface area (Å²) in [6.07, 6.45) is 4.24. The van der Waals surface area contributed by atoms with E-state index in [1.165, 1.54) is 4.57 Å². The second kappa shape index (κ2) is 4.22. The SMILES string of the molecule is O=c1[nH][nH]c(=S)n1CCc1cccnc1. The van der Waals surface area contributed by atoms with Gasteiger partial charge in [-0.2, -0.15) is 0 Å². The minimum Gasteiger partial charge on any atom is -0.272 e. The lowest BCUT2D eigenvalue weighted by Gasteiger charge is -1.99. The van der Waals surface area contributed by atoms with Crippen LogP contribution < -0.4 is 5.69 Å². The van der Waals surface area contributed by atoms with Crippen molar-refractivity contribution in [3.05, 3.63) is 45.3 Å². The molecule has 0 aliphatic carbocycles. The number of nitrogens with zero attached hydrogens (tertiary/aromatic N) is 2. The van der Waals surface area contributed by atoms with Gasteiger partial charge in [0.2, 0.25) is 0 Å². The first kappa shape index (κ1) is 9.85. The Morgan fingerprint density at radius 3 is 2.93 bits per heavy atom. The zero-order valence-electron chi connectivity index (χ0n) is 7.93. The molecule has 0 fully saturated rings. The van der Waals surface area contributed by atoms with Crippen molar-refractivity contribution in [2.24, 2.45) is 0 Å². The highest BCUT2D eigenvalue weighted by Gasteiger charge is 2.00. The number of rotatable bonds is 3. The summed E-state index contributed by atoms with van der Waals surface area (Å²) in [5.41, 5.74) is 0.879. The van der Waals surface area contributed by atoms with Crippen molar-refractivity contribution in [3.8, 4) is 0 Å². The van der Waals surface area contributed by atoms with Crippen LogP contribution in [-0.2, 0) is 13.0 Å². The maximum Gasteiger partial charge on any atom is 0.342 e. The van der Waals surface area contributed by atoms with Gasteiger partial charge < -0.3 is 0 Å². The number of pyridine rings is 1. The van der Waals surface area contributed by atoms with Crippen molar-refractivity contribution < 1.29 is 0 Å². The van der Waals surface area contributed by atoms with Crippen LogP contribution in [-0.4, -0.2) is 19.7 Å². The van der Waals surface area contributed by atoms with Crippen LogP contribution in [0.2, 0.25) is 0 Å². The molecule has 6 heteroatoms. The molecule has 2 rings (SSSR count). The van der Waals surface area contributed by atoms with Gasteiger partial charge in [0.1, 0.15) is 0 Å². The third kappa shape index (κ3) is 2.21. The summed E-state index contributed by atoms with van der Waals surface area (Å²) in [5.74, 6) is 0. The highest BCUT2D eigenvalue weighted by molar-refractivity contribution is 7.71. The molecule has 0 spiro atoms. The zero-order chi connectivity index (χ0) is 10.7. The molecule has 5 nitrogen and oxygen atoms in total. The van der Waals surface area contributed by atoms with E-state index >= 15 is 0 Å². The number of nitrogens with one attached hydrogen (secondary N) is 2. The van der Waals surface area contributed by atoms with Crippen LogP contribution in [0.5, 0.6) is 0 Å². The van der Waals surface area contributed by atoms with Crippen molar-refractivity contribution in [2.75, 3.05) is 0 Å². The van der Waals surface area contributed by atoms with E-state index in [1.807, 2.05) is 12.1 Å². The molecular formula is C9H10N4OS. The summed E-state index contributed by atoms with van der Waals surface area (Å²) in [7, 11) is 0. The molecule has 0 aliphatic heterocycles. The third-order valence-corrected chi connectivity index (χ3v) is 2.44.